The van der Waals surface area contributed by atoms with E-state index in [9.17, 15) is 9.90 Å². The van der Waals surface area contributed by atoms with Crippen LogP contribution in [0.5, 0.6) is 0 Å². The third-order valence-corrected chi connectivity index (χ3v) is 4.92. The molecule has 0 aliphatic heterocycles. The van der Waals surface area contributed by atoms with Gasteiger partial charge in [0.05, 0.1) is 0 Å². The number of hydrogen-bond donors (Lipinski definition) is 2. The molecule has 7 heteroatoms. The Balaban J connectivity index is 2.25. The first kappa shape index (κ1) is 18.5. The third kappa shape index (κ3) is 4.85. The third-order valence-electron chi connectivity index (χ3n) is 3.62. The molecule has 1 atom stereocenters. The molecule has 0 saturated heterocycles. The molecule has 0 amide bonds. The van der Waals surface area contributed by atoms with E-state index in [1.165, 1.54) is 5.56 Å². The number of aliphatic carboxylic acids is 1. The molecule has 1 unspecified atom stereocenters. The minimum absolute atomic E-state index is 0.279. The van der Waals surface area contributed by atoms with Crippen LogP contribution >= 0.6 is 23.4 Å². The number of hydrogen-bond acceptors (Lipinski definition) is 5. The van der Waals surface area contributed by atoms with E-state index in [1.54, 1.807) is 6.07 Å². The summed E-state index contributed by atoms with van der Waals surface area (Å²) in [4.78, 5) is 19.8. The van der Waals surface area contributed by atoms with Gasteiger partial charge in [-0.1, -0.05) is 48.8 Å². The van der Waals surface area contributed by atoms with Gasteiger partial charge in [0.15, 0.2) is 5.16 Å². The zero-order valence-electron chi connectivity index (χ0n) is 13.8. The molecule has 1 aromatic carbocycles. The van der Waals surface area contributed by atoms with Gasteiger partial charge >= 0.3 is 5.97 Å². The minimum atomic E-state index is -0.866. The summed E-state index contributed by atoms with van der Waals surface area (Å²) in [7, 11) is 0. The molecule has 24 heavy (non-hydrogen) atoms. The predicted octanol–water partition coefficient (Wildman–Crippen LogP) is 4.84. The second kappa shape index (κ2) is 8.35. The van der Waals surface area contributed by atoms with Crippen molar-refractivity contribution in [1.82, 2.24) is 9.97 Å². The zero-order valence-corrected chi connectivity index (χ0v) is 15.4. The monoisotopic (exact) mass is 365 g/mol. The lowest BCUT2D eigenvalue weighted by Crippen LogP contribution is -2.16. The molecule has 0 saturated carbocycles. The van der Waals surface area contributed by atoms with E-state index in [0.29, 0.717) is 17.4 Å². The summed E-state index contributed by atoms with van der Waals surface area (Å²) in [6.07, 6.45) is 1.33. The summed E-state index contributed by atoms with van der Waals surface area (Å²) in [5, 5.41) is 12.6. The quantitative estimate of drug-likeness (QED) is 0.415. The summed E-state index contributed by atoms with van der Waals surface area (Å²) in [6.45, 7) is 6.01. The van der Waals surface area contributed by atoms with Crippen LogP contribution in [0, 0.1) is 13.8 Å². The normalized spacial score (nSPS) is 12.0. The number of carboxylic acid groups (broad SMARTS) is 1. The van der Waals surface area contributed by atoms with Crippen molar-refractivity contribution in [1.29, 1.82) is 0 Å². The molecule has 2 N–H and O–H groups in total. The van der Waals surface area contributed by atoms with Crippen molar-refractivity contribution in [2.24, 2.45) is 0 Å². The molecule has 2 aromatic rings. The molecule has 1 heterocycles. The van der Waals surface area contributed by atoms with Crippen molar-refractivity contribution in [2.75, 3.05) is 5.32 Å². The average molecular weight is 366 g/mol. The van der Waals surface area contributed by atoms with Crippen LogP contribution in [-0.4, -0.2) is 26.3 Å². The Kier molecular flexibility index (Phi) is 6.45. The van der Waals surface area contributed by atoms with E-state index in [2.05, 4.69) is 15.3 Å². The predicted molar refractivity (Wildman–Crippen MR) is 98.4 cm³/mol. The number of halogens is 1. The van der Waals surface area contributed by atoms with Gasteiger partial charge in [0.1, 0.15) is 16.2 Å². The number of thioether (sulfide) groups is 1. The lowest BCUT2D eigenvalue weighted by atomic mass is 10.1. The maximum absolute atomic E-state index is 11.3. The highest BCUT2D eigenvalue weighted by Crippen LogP contribution is 2.28. The first-order chi connectivity index (χ1) is 11.4. The molecule has 128 valence electrons. The van der Waals surface area contributed by atoms with Gasteiger partial charge in [-0.05, 0) is 37.5 Å². The summed E-state index contributed by atoms with van der Waals surface area (Å²) >= 11 is 7.20. The molecular formula is C17H20ClN3O2S. The smallest absolute Gasteiger partial charge is 0.317 e. The number of rotatable bonds is 7. The number of carbonyl (C=O) groups is 1. The van der Waals surface area contributed by atoms with Crippen LogP contribution in [0.15, 0.2) is 29.4 Å². The second-order valence-electron chi connectivity index (χ2n) is 5.46. The maximum atomic E-state index is 11.3. The summed E-state index contributed by atoms with van der Waals surface area (Å²) in [5.41, 5.74) is 3.23. The van der Waals surface area contributed by atoms with Gasteiger partial charge in [-0.3, -0.25) is 4.79 Å². The van der Waals surface area contributed by atoms with Gasteiger partial charge < -0.3 is 10.4 Å². The van der Waals surface area contributed by atoms with Crippen LogP contribution < -0.4 is 5.32 Å². The lowest BCUT2D eigenvalue weighted by molar-refractivity contribution is -0.136. The van der Waals surface area contributed by atoms with Gasteiger partial charge in [0, 0.05) is 11.8 Å². The molecular weight excluding hydrogens is 346 g/mol. The zero-order chi connectivity index (χ0) is 17.7. The molecule has 1 aromatic heterocycles. The van der Waals surface area contributed by atoms with Crippen molar-refractivity contribution >= 4 is 40.8 Å². The fraction of sp³-hybridized carbons (Fsp3) is 0.353. The second-order valence-corrected chi connectivity index (χ2v) is 7.02. The van der Waals surface area contributed by atoms with E-state index in [-0.39, 0.29) is 5.15 Å². The molecule has 0 aliphatic carbocycles. The lowest BCUT2D eigenvalue weighted by Gasteiger charge is -2.13. The molecule has 0 radical (unpaired) electrons. The Bertz CT molecular complexity index is 740. The molecule has 0 bridgehead atoms. The van der Waals surface area contributed by atoms with E-state index >= 15 is 0 Å². The maximum Gasteiger partial charge on any atom is 0.317 e. The highest BCUT2D eigenvalue weighted by atomic mass is 35.5. The van der Waals surface area contributed by atoms with Crippen LogP contribution in [0.25, 0.3) is 0 Å². The molecule has 5 nitrogen and oxygen atoms in total. The van der Waals surface area contributed by atoms with Crippen molar-refractivity contribution in [3.63, 3.8) is 0 Å². The minimum Gasteiger partial charge on any atom is -0.480 e. The number of nitrogens with one attached hydrogen (secondary N) is 1. The number of aromatic nitrogens is 2. The van der Waals surface area contributed by atoms with Crippen LogP contribution in [0.3, 0.4) is 0 Å². The van der Waals surface area contributed by atoms with E-state index in [0.717, 1.165) is 29.4 Å². The Morgan fingerprint density at radius 3 is 2.79 bits per heavy atom. The topological polar surface area (TPSA) is 75.1 Å². The molecule has 0 aliphatic rings. The van der Waals surface area contributed by atoms with Gasteiger partial charge in [-0.25, -0.2) is 9.97 Å². The average Bonchev–Trinajstić information content (AvgIpc) is 2.51. The fourth-order valence-corrected chi connectivity index (χ4v) is 3.40. The van der Waals surface area contributed by atoms with Crippen LogP contribution in [0.1, 0.15) is 30.9 Å². The summed E-state index contributed by atoms with van der Waals surface area (Å²) < 4.78 is 0. The number of anilines is 2. The number of nitrogens with zero attached hydrogens (tertiary/aromatic N) is 2. The van der Waals surface area contributed by atoms with Gasteiger partial charge in [-0.2, -0.15) is 0 Å². The number of carboxylic acids is 1. The summed E-state index contributed by atoms with van der Waals surface area (Å²) in [5.74, 6) is -0.318. The van der Waals surface area contributed by atoms with Crippen molar-refractivity contribution in [2.45, 2.75) is 44.0 Å². The Morgan fingerprint density at radius 2 is 2.12 bits per heavy atom. The number of benzene rings is 1. The summed E-state index contributed by atoms with van der Waals surface area (Å²) in [6, 6.07) is 7.59. The van der Waals surface area contributed by atoms with Crippen molar-refractivity contribution in [3.05, 3.63) is 40.5 Å². The van der Waals surface area contributed by atoms with E-state index in [1.807, 2.05) is 39.0 Å². The van der Waals surface area contributed by atoms with E-state index in [4.69, 9.17) is 11.6 Å². The Hall–Kier alpha value is -1.79. The van der Waals surface area contributed by atoms with Crippen LogP contribution in [0.4, 0.5) is 11.5 Å². The highest BCUT2D eigenvalue weighted by Gasteiger charge is 2.20. The molecule has 0 spiro atoms. The van der Waals surface area contributed by atoms with Gasteiger partial charge in [-0.15, -0.1) is 0 Å². The van der Waals surface area contributed by atoms with E-state index < -0.39 is 11.2 Å². The standard InChI is InChI=1S/C17H20ClN3O2S/c1-4-6-13(16(22)23)24-17-20-14(18)9-15(21-17)19-12-8-5-7-10(2)11(12)3/h5,7-9,13H,4,6H2,1-3H3,(H,22,23)(H,19,20,21). The molecule has 0 fully saturated rings. The Morgan fingerprint density at radius 1 is 1.38 bits per heavy atom. The number of aryl methyl sites for hydroxylation is 1. The van der Waals surface area contributed by atoms with Crippen LogP contribution in [-0.2, 0) is 4.79 Å². The largest absolute Gasteiger partial charge is 0.480 e. The van der Waals surface area contributed by atoms with Crippen molar-refractivity contribution < 1.29 is 9.90 Å². The first-order valence-corrected chi connectivity index (χ1v) is 8.93. The van der Waals surface area contributed by atoms with Crippen LogP contribution in [0.2, 0.25) is 5.15 Å². The van der Waals surface area contributed by atoms with Gasteiger partial charge in [0.25, 0.3) is 0 Å². The van der Waals surface area contributed by atoms with Gasteiger partial charge in [0.2, 0.25) is 0 Å². The first-order valence-electron chi connectivity index (χ1n) is 7.68. The Labute approximate surface area is 150 Å². The van der Waals surface area contributed by atoms with Crippen molar-refractivity contribution in [3.8, 4) is 0 Å². The fourth-order valence-electron chi connectivity index (χ4n) is 2.16. The molecule has 2 rings (SSSR count). The highest BCUT2D eigenvalue weighted by molar-refractivity contribution is 8.00. The SMILES string of the molecule is CCCC(Sc1nc(Cl)cc(Nc2cccc(C)c2C)n1)C(=O)O.